The topological polar surface area (TPSA) is 83.5 Å². The summed E-state index contributed by atoms with van der Waals surface area (Å²) in [7, 11) is 0.176. The minimum Gasteiger partial charge on any atom is -0.481 e. The van der Waals surface area contributed by atoms with Gasteiger partial charge in [-0.2, -0.15) is 4.72 Å². The lowest BCUT2D eigenvalue weighted by Crippen LogP contribution is -2.76. The molecule has 0 spiro atoms. The van der Waals surface area contributed by atoms with Crippen LogP contribution in [-0.2, 0) is 21.2 Å². The van der Waals surface area contributed by atoms with Crippen LogP contribution >= 0.6 is 0 Å². The average Bonchev–Trinajstić information content (AvgIpc) is 2.44. The molecule has 140 valence electrons. The molecule has 0 radical (unpaired) electrons. The molecule has 1 aliphatic heterocycles. The summed E-state index contributed by atoms with van der Waals surface area (Å²) < 4.78 is 28.6. The largest absolute Gasteiger partial charge is 0.481 e. The molecule has 1 saturated heterocycles. The summed E-state index contributed by atoms with van der Waals surface area (Å²) in [6, 6.07) is 6.90. The number of unbranched alkanes of at least 4 members (excludes halogenated alkanes) is 2. The van der Waals surface area contributed by atoms with Gasteiger partial charge in [-0.25, -0.2) is 8.42 Å². The SMILES string of the molecule is CCCCCc1ccc(S(=O)(=O)NC2(CC(=O)O)C[N+](C)(C)C2)cc1. The van der Waals surface area contributed by atoms with Crippen molar-refractivity contribution in [3.05, 3.63) is 29.8 Å². The second kappa shape index (κ2) is 7.43. The fraction of sp³-hybridized carbons (Fsp3) is 0.611. The van der Waals surface area contributed by atoms with Crippen LogP contribution < -0.4 is 4.72 Å². The number of likely N-dealkylation sites (tertiary alicyclic amines) is 1. The van der Waals surface area contributed by atoms with Crippen LogP contribution in [0.5, 0.6) is 0 Å². The normalized spacial score (nSPS) is 18.5. The Morgan fingerprint density at radius 1 is 1.20 bits per heavy atom. The summed E-state index contributed by atoms with van der Waals surface area (Å²) in [5.74, 6) is -0.992. The fourth-order valence-electron chi connectivity index (χ4n) is 3.85. The zero-order valence-corrected chi connectivity index (χ0v) is 16.1. The molecule has 0 amide bonds. The van der Waals surface area contributed by atoms with Crippen molar-refractivity contribution in [3.8, 4) is 0 Å². The van der Waals surface area contributed by atoms with E-state index in [0.717, 1.165) is 31.2 Å². The zero-order chi connectivity index (χ0) is 18.7. The van der Waals surface area contributed by atoms with Crippen LogP contribution in [0.2, 0.25) is 0 Å². The number of nitrogens with one attached hydrogen (secondary N) is 1. The molecule has 0 unspecified atom stereocenters. The van der Waals surface area contributed by atoms with Crippen molar-refractivity contribution in [1.29, 1.82) is 0 Å². The van der Waals surface area contributed by atoms with Crippen LogP contribution in [0.25, 0.3) is 0 Å². The van der Waals surface area contributed by atoms with E-state index in [1.54, 1.807) is 12.1 Å². The molecule has 1 aromatic rings. The van der Waals surface area contributed by atoms with Gasteiger partial charge < -0.3 is 9.59 Å². The minimum atomic E-state index is -3.74. The number of hydrogen-bond donors (Lipinski definition) is 2. The van der Waals surface area contributed by atoms with Gasteiger partial charge in [0, 0.05) is 0 Å². The molecular formula is C18H29N2O4S+. The van der Waals surface area contributed by atoms with Crippen LogP contribution in [-0.4, -0.2) is 56.7 Å². The van der Waals surface area contributed by atoms with Crippen molar-refractivity contribution in [1.82, 2.24) is 4.72 Å². The van der Waals surface area contributed by atoms with Gasteiger partial charge in [0.05, 0.1) is 25.4 Å². The highest BCUT2D eigenvalue weighted by Crippen LogP contribution is 2.30. The van der Waals surface area contributed by atoms with E-state index in [2.05, 4.69) is 11.6 Å². The molecule has 0 bridgehead atoms. The van der Waals surface area contributed by atoms with Crippen LogP contribution in [0.1, 0.15) is 38.2 Å². The van der Waals surface area contributed by atoms with Crippen LogP contribution in [0.4, 0.5) is 0 Å². The standard InChI is InChI=1S/C18H28N2O4S/c1-4-5-6-7-15-8-10-16(11-9-15)25(23,24)19-18(12-17(21)22)13-20(2,3)14-18/h8-11,19H,4-7,12-14H2,1-3H3/p+1. The van der Waals surface area contributed by atoms with E-state index in [-0.39, 0.29) is 11.3 Å². The predicted octanol–water partition coefficient (Wildman–Crippen LogP) is 2.00. The first-order valence-electron chi connectivity index (χ1n) is 8.74. The Balaban J connectivity index is 2.10. The summed E-state index contributed by atoms with van der Waals surface area (Å²) in [6.07, 6.45) is 4.14. The third-order valence-electron chi connectivity index (χ3n) is 4.60. The minimum absolute atomic E-state index is 0.189. The number of carbonyl (C=O) groups is 1. The lowest BCUT2D eigenvalue weighted by Gasteiger charge is -2.52. The Morgan fingerprint density at radius 2 is 1.80 bits per heavy atom. The second-order valence-corrected chi connectivity index (χ2v) is 9.49. The predicted molar refractivity (Wildman–Crippen MR) is 96.8 cm³/mol. The van der Waals surface area contributed by atoms with Crippen molar-refractivity contribution in [3.63, 3.8) is 0 Å². The summed E-state index contributed by atoms with van der Waals surface area (Å²) in [5.41, 5.74) is 0.211. The van der Waals surface area contributed by atoms with Gasteiger partial charge in [0.1, 0.15) is 18.6 Å². The van der Waals surface area contributed by atoms with Crippen molar-refractivity contribution in [2.45, 2.75) is 49.5 Å². The molecular weight excluding hydrogens is 340 g/mol. The summed E-state index contributed by atoms with van der Waals surface area (Å²) >= 11 is 0. The molecule has 0 saturated carbocycles. The van der Waals surface area contributed by atoms with E-state index >= 15 is 0 Å². The average molecular weight is 370 g/mol. The zero-order valence-electron chi connectivity index (χ0n) is 15.3. The second-order valence-electron chi connectivity index (χ2n) is 7.81. The van der Waals surface area contributed by atoms with E-state index in [0.29, 0.717) is 17.6 Å². The Hall–Kier alpha value is -1.44. The van der Waals surface area contributed by atoms with Crippen molar-refractivity contribution in [2.24, 2.45) is 0 Å². The van der Waals surface area contributed by atoms with E-state index in [9.17, 15) is 13.2 Å². The molecule has 1 aliphatic rings. The van der Waals surface area contributed by atoms with Gasteiger partial charge in [0.2, 0.25) is 10.0 Å². The Labute approximate surface area is 150 Å². The van der Waals surface area contributed by atoms with Gasteiger partial charge in [-0.05, 0) is 30.5 Å². The quantitative estimate of drug-likeness (QED) is 0.515. The number of quaternary nitrogens is 1. The number of nitrogens with zero attached hydrogens (tertiary/aromatic N) is 1. The van der Waals surface area contributed by atoms with Gasteiger partial charge >= 0.3 is 5.97 Å². The first kappa shape index (κ1) is 19.9. The first-order chi connectivity index (χ1) is 11.6. The number of aryl methyl sites for hydroxylation is 1. The highest BCUT2D eigenvalue weighted by atomic mass is 32.2. The van der Waals surface area contributed by atoms with E-state index in [4.69, 9.17) is 5.11 Å². The molecule has 0 atom stereocenters. The third-order valence-corrected chi connectivity index (χ3v) is 6.20. The highest BCUT2D eigenvalue weighted by Gasteiger charge is 2.55. The molecule has 2 rings (SSSR count). The van der Waals surface area contributed by atoms with Crippen molar-refractivity contribution in [2.75, 3.05) is 27.2 Å². The molecule has 1 aromatic carbocycles. The molecule has 1 heterocycles. The smallest absolute Gasteiger partial charge is 0.305 e. The molecule has 7 heteroatoms. The van der Waals surface area contributed by atoms with Crippen LogP contribution in [0.15, 0.2) is 29.2 Å². The Kier molecular flexibility index (Phi) is 5.91. The van der Waals surface area contributed by atoms with Crippen LogP contribution in [0.3, 0.4) is 0 Å². The fourth-order valence-corrected chi connectivity index (χ4v) is 5.24. The monoisotopic (exact) mass is 369 g/mol. The molecule has 2 N–H and O–H groups in total. The van der Waals surface area contributed by atoms with Gasteiger partial charge in [-0.3, -0.25) is 4.79 Å². The van der Waals surface area contributed by atoms with Gasteiger partial charge in [-0.15, -0.1) is 0 Å². The molecule has 25 heavy (non-hydrogen) atoms. The van der Waals surface area contributed by atoms with Gasteiger partial charge in [-0.1, -0.05) is 31.9 Å². The van der Waals surface area contributed by atoms with Gasteiger partial charge in [0.15, 0.2) is 0 Å². The molecule has 0 aliphatic carbocycles. The number of benzene rings is 1. The maximum Gasteiger partial charge on any atom is 0.305 e. The number of rotatable bonds is 9. The summed E-state index contributed by atoms with van der Waals surface area (Å²) in [4.78, 5) is 11.4. The number of carboxylic acid groups (broad SMARTS) is 1. The lowest BCUT2D eigenvalue weighted by atomic mass is 9.86. The maximum atomic E-state index is 12.7. The number of carboxylic acids is 1. The van der Waals surface area contributed by atoms with E-state index in [1.807, 2.05) is 26.2 Å². The Bertz CT molecular complexity index is 703. The Morgan fingerprint density at radius 3 is 2.28 bits per heavy atom. The summed E-state index contributed by atoms with van der Waals surface area (Å²) in [6.45, 7) is 3.08. The van der Waals surface area contributed by atoms with Gasteiger partial charge in [0.25, 0.3) is 0 Å². The highest BCUT2D eigenvalue weighted by molar-refractivity contribution is 7.89. The summed E-state index contributed by atoms with van der Waals surface area (Å²) in [5, 5.41) is 9.15. The number of sulfonamides is 1. The third kappa shape index (κ3) is 5.26. The first-order valence-corrected chi connectivity index (χ1v) is 10.2. The maximum absolute atomic E-state index is 12.7. The number of hydrogen-bond acceptors (Lipinski definition) is 3. The molecule has 1 fully saturated rings. The van der Waals surface area contributed by atoms with Crippen molar-refractivity contribution >= 4 is 16.0 Å². The van der Waals surface area contributed by atoms with E-state index in [1.165, 1.54) is 0 Å². The molecule has 0 aromatic heterocycles. The molecule has 6 nitrogen and oxygen atoms in total. The van der Waals surface area contributed by atoms with Crippen molar-refractivity contribution < 1.29 is 22.8 Å². The number of likely N-dealkylation sites (N-methyl/N-ethyl adjacent to an activating group) is 1. The van der Waals surface area contributed by atoms with E-state index < -0.39 is 21.5 Å². The lowest BCUT2D eigenvalue weighted by molar-refractivity contribution is -0.940. The number of aliphatic carboxylic acids is 1. The van der Waals surface area contributed by atoms with Crippen LogP contribution in [0, 0.1) is 0 Å².